The van der Waals surface area contributed by atoms with Crippen molar-refractivity contribution in [3.8, 4) is 5.75 Å². The quantitative estimate of drug-likeness (QED) is 0.546. The van der Waals surface area contributed by atoms with E-state index in [2.05, 4.69) is 15.8 Å². The molecule has 2 rings (SSSR count). The van der Waals surface area contributed by atoms with Gasteiger partial charge in [0.05, 0.1) is 6.21 Å². The Labute approximate surface area is 150 Å². The van der Waals surface area contributed by atoms with Gasteiger partial charge in [-0.3, -0.25) is 9.59 Å². The molecule has 2 aromatic rings. The molecule has 0 bridgehead atoms. The molecule has 0 atom stereocenters. The molecule has 0 radical (unpaired) electrons. The third-order valence-electron chi connectivity index (χ3n) is 3.36. The lowest BCUT2D eigenvalue weighted by Gasteiger charge is -2.06. The monoisotopic (exact) mass is 359 g/mol. The number of rotatable bonds is 6. The number of phenols is 1. The van der Waals surface area contributed by atoms with Crippen LogP contribution in [0.25, 0.3) is 0 Å². The van der Waals surface area contributed by atoms with Gasteiger partial charge >= 0.3 is 0 Å². The van der Waals surface area contributed by atoms with E-state index in [1.54, 1.807) is 36.4 Å². The number of nitrogens with one attached hydrogen (secondary N) is 2. The first-order valence-electron chi connectivity index (χ1n) is 7.61. The fourth-order valence-electron chi connectivity index (χ4n) is 1.95. The van der Waals surface area contributed by atoms with E-state index in [1.165, 1.54) is 12.3 Å². The average Bonchev–Trinajstić information content (AvgIpc) is 2.58. The second kappa shape index (κ2) is 8.84. The molecule has 2 amide bonds. The van der Waals surface area contributed by atoms with Gasteiger partial charge in [-0.25, -0.2) is 5.43 Å². The van der Waals surface area contributed by atoms with Crippen LogP contribution in [-0.2, 0) is 9.59 Å². The van der Waals surface area contributed by atoms with Crippen LogP contribution in [0.5, 0.6) is 5.75 Å². The fourth-order valence-corrected chi connectivity index (χ4v) is 2.13. The van der Waals surface area contributed by atoms with Crippen LogP contribution in [0.15, 0.2) is 47.6 Å². The summed E-state index contributed by atoms with van der Waals surface area (Å²) in [5, 5.41) is 16.6. The van der Waals surface area contributed by atoms with Gasteiger partial charge in [-0.15, -0.1) is 0 Å². The lowest BCUT2D eigenvalue weighted by atomic mass is 10.2. The molecule has 0 saturated heterocycles. The molecular formula is C18H18ClN3O3. The predicted molar refractivity (Wildman–Crippen MR) is 97.9 cm³/mol. The topological polar surface area (TPSA) is 90.8 Å². The second-order valence-corrected chi connectivity index (χ2v) is 5.77. The van der Waals surface area contributed by atoms with Gasteiger partial charge in [0, 0.05) is 29.1 Å². The highest BCUT2D eigenvalue weighted by Crippen LogP contribution is 2.20. The van der Waals surface area contributed by atoms with Gasteiger partial charge in [-0.05, 0) is 36.8 Å². The summed E-state index contributed by atoms with van der Waals surface area (Å²) in [4.78, 5) is 23.5. The van der Waals surface area contributed by atoms with Crippen LogP contribution in [0, 0.1) is 6.92 Å². The molecule has 7 heteroatoms. The number of halogens is 1. The van der Waals surface area contributed by atoms with Gasteiger partial charge in [0.2, 0.25) is 11.8 Å². The number of aryl methyl sites for hydroxylation is 1. The van der Waals surface area contributed by atoms with Gasteiger partial charge in [0.25, 0.3) is 0 Å². The Morgan fingerprint density at radius 3 is 2.60 bits per heavy atom. The summed E-state index contributed by atoms with van der Waals surface area (Å²) in [6, 6.07) is 11.8. The lowest BCUT2D eigenvalue weighted by Crippen LogP contribution is -2.20. The number of aromatic hydroxyl groups is 1. The zero-order chi connectivity index (χ0) is 18.2. The molecule has 0 saturated carbocycles. The third kappa shape index (κ3) is 5.93. The average molecular weight is 360 g/mol. The molecule has 0 spiro atoms. The van der Waals surface area contributed by atoms with Crippen LogP contribution in [-0.4, -0.2) is 23.1 Å². The molecule has 0 heterocycles. The Morgan fingerprint density at radius 1 is 1.16 bits per heavy atom. The largest absolute Gasteiger partial charge is 0.507 e. The number of hydrazone groups is 1. The highest BCUT2D eigenvalue weighted by Gasteiger charge is 2.07. The third-order valence-corrected chi connectivity index (χ3v) is 3.77. The first-order chi connectivity index (χ1) is 12.0. The predicted octanol–water partition coefficient (Wildman–Crippen LogP) is 3.22. The summed E-state index contributed by atoms with van der Waals surface area (Å²) < 4.78 is 0. The van der Waals surface area contributed by atoms with Gasteiger partial charge in [-0.2, -0.15) is 5.10 Å². The maximum atomic E-state index is 11.8. The van der Waals surface area contributed by atoms with Gasteiger partial charge < -0.3 is 10.4 Å². The number of carbonyl (C=O) groups excluding carboxylic acids is 2. The summed E-state index contributed by atoms with van der Waals surface area (Å²) >= 11 is 5.99. The zero-order valence-electron chi connectivity index (χ0n) is 13.6. The maximum absolute atomic E-state index is 11.8. The Bertz CT molecular complexity index is 806. The van der Waals surface area contributed by atoms with Crippen LogP contribution in [0.4, 0.5) is 5.69 Å². The van der Waals surface area contributed by atoms with Crippen LogP contribution >= 0.6 is 11.6 Å². The Kier molecular flexibility index (Phi) is 6.54. The van der Waals surface area contributed by atoms with Gasteiger partial charge in [0.1, 0.15) is 5.75 Å². The van der Waals surface area contributed by atoms with E-state index in [4.69, 9.17) is 11.6 Å². The highest BCUT2D eigenvalue weighted by atomic mass is 35.5. The van der Waals surface area contributed by atoms with Crippen molar-refractivity contribution >= 4 is 35.3 Å². The van der Waals surface area contributed by atoms with Gasteiger partial charge in [0.15, 0.2) is 0 Å². The first kappa shape index (κ1) is 18.5. The summed E-state index contributed by atoms with van der Waals surface area (Å²) in [7, 11) is 0. The SMILES string of the molecule is Cc1ccc(NC(=O)CCC(=O)NN=Cc2ccccc2O)cc1Cl. The van der Waals surface area contributed by atoms with Crippen molar-refractivity contribution in [2.75, 3.05) is 5.32 Å². The van der Waals surface area contributed by atoms with Crippen LogP contribution in [0.2, 0.25) is 5.02 Å². The normalized spacial score (nSPS) is 10.6. The zero-order valence-corrected chi connectivity index (χ0v) is 14.4. The maximum Gasteiger partial charge on any atom is 0.240 e. The van der Waals surface area contributed by atoms with E-state index in [0.717, 1.165) is 5.56 Å². The number of nitrogens with zero attached hydrogens (tertiary/aromatic N) is 1. The number of benzene rings is 2. The van der Waals surface area contributed by atoms with Crippen molar-refractivity contribution in [1.29, 1.82) is 0 Å². The van der Waals surface area contributed by atoms with Crippen molar-refractivity contribution < 1.29 is 14.7 Å². The molecule has 25 heavy (non-hydrogen) atoms. The van der Waals surface area contributed by atoms with E-state index < -0.39 is 5.91 Å². The number of hydrogen-bond acceptors (Lipinski definition) is 4. The molecule has 0 fully saturated rings. The number of hydrogen-bond donors (Lipinski definition) is 3. The van der Waals surface area contributed by atoms with E-state index in [-0.39, 0.29) is 24.5 Å². The number of phenolic OH excluding ortho intramolecular Hbond substituents is 1. The van der Waals surface area contributed by atoms with Crippen LogP contribution in [0.1, 0.15) is 24.0 Å². The Hall–Kier alpha value is -2.86. The van der Waals surface area contributed by atoms with E-state index in [0.29, 0.717) is 16.3 Å². The lowest BCUT2D eigenvalue weighted by molar-refractivity contribution is -0.124. The molecule has 0 aliphatic heterocycles. The van der Waals surface area contributed by atoms with Crippen molar-refractivity contribution in [2.45, 2.75) is 19.8 Å². The fraction of sp³-hybridized carbons (Fsp3) is 0.167. The number of anilines is 1. The van der Waals surface area contributed by atoms with E-state index in [9.17, 15) is 14.7 Å². The summed E-state index contributed by atoms with van der Waals surface area (Å²) in [6.07, 6.45) is 1.34. The summed E-state index contributed by atoms with van der Waals surface area (Å²) in [5.74, 6) is -0.625. The first-order valence-corrected chi connectivity index (χ1v) is 7.99. The molecular weight excluding hydrogens is 342 g/mol. The summed E-state index contributed by atoms with van der Waals surface area (Å²) in [6.45, 7) is 1.87. The van der Waals surface area contributed by atoms with Crippen molar-refractivity contribution in [1.82, 2.24) is 5.43 Å². The number of amides is 2. The van der Waals surface area contributed by atoms with E-state index in [1.807, 2.05) is 6.92 Å². The van der Waals surface area contributed by atoms with Gasteiger partial charge in [-0.1, -0.05) is 29.8 Å². The standard InChI is InChI=1S/C18H18ClN3O3/c1-12-6-7-14(10-15(12)19)21-17(24)8-9-18(25)22-20-11-13-4-2-3-5-16(13)23/h2-7,10-11,23H,8-9H2,1H3,(H,21,24)(H,22,25). The second-order valence-electron chi connectivity index (χ2n) is 5.36. The molecule has 0 unspecified atom stereocenters. The highest BCUT2D eigenvalue weighted by molar-refractivity contribution is 6.31. The molecule has 0 aromatic heterocycles. The minimum absolute atomic E-state index is 0.0104. The molecule has 3 N–H and O–H groups in total. The van der Waals surface area contributed by atoms with Crippen LogP contribution < -0.4 is 10.7 Å². The number of carbonyl (C=O) groups is 2. The van der Waals surface area contributed by atoms with E-state index >= 15 is 0 Å². The smallest absolute Gasteiger partial charge is 0.240 e. The minimum atomic E-state index is -0.399. The van der Waals surface area contributed by atoms with Crippen molar-refractivity contribution in [3.63, 3.8) is 0 Å². The molecule has 130 valence electrons. The Morgan fingerprint density at radius 2 is 1.88 bits per heavy atom. The number of para-hydroxylation sites is 1. The molecule has 0 aliphatic carbocycles. The Balaban J connectivity index is 1.76. The van der Waals surface area contributed by atoms with Crippen molar-refractivity contribution in [2.24, 2.45) is 5.10 Å². The van der Waals surface area contributed by atoms with Crippen LogP contribution in [0.3, 0.4) is 0 Å². The minimum Gasteiger partial charge on any atom is -0.507 e. The molecule has 2 aromatic carbocycles. The molecule has 0 aliphatic rings. The summed E-state index contributed by atoms with van der Waals surface area (Å²) in [5.41, 5.74) is 4.30. The molecule has 6 nitrogen and oxygen atoms in total. The van der Waals surface area contributed by atoms with Crippen molar-refractivity contribution in [3.05, 3.63) is 58.6 Å².